The third kappa shape index (κ3) is 6.22. The fourth-order valence-corrected chi connectivity index (χ4v) is 4.87. The van der Waals surface area contributed by atoms with Gasteiger partial charge in [0.15, 0.2) is 13.2 Å². The van der Waals surface area contributed by atoms with Gasteiger partial charge in [-0.25, -0.2) is 13.2 Å². The van der Waals surface area contributed by atoms with Gasteiger partial charge in [-0.05, 0) is 59.3 Å². The maximum Gasteiger partial charge on any atom is 0.344 e. The molecule has 0 radical (unpaired) electrons. The number of ether oxygens (including phenoxy) is 3. The van der Waals surface area contributed by atoms with Gasteiger partial charge in [0, 0.05) is 7.05 Å². The first-order valence-electron chi connectivity index (χ1n) is 11.6. The van der Waals surface area contributed by atoms with Gasteiger partial charge in [-0.2, -0.15) is 0 Å². The Labute approximate surface area is 220 Å². The Bertz CT molecular complexity index is 1550. The number of benzene rings is 4. The van der Waals surface area contributed by atoms with Gasteiger partial charge in [0.1, 0.15) is 11.5 Å². The highest BCUT2D eigenvalue weighted by atomic mass is 32.2. The SMILES string of the molecule is COc1ccccc1NC(=O)COC(=O)COc1ccc(N(C)S(=O)(=O)c2ccc3ccccc3c2)cc1. The molecule has 0 fully saturated rings. The number of esters is 1. The quantitative estimate of drug-likeness (QED) is 0.303. The molecule has 10 heteroatoms. The molecule has 0 aromatic heterocycles. The van der Waals surface area contributed by atoms with Crippen molar-refractivity contribution in [3.8, 4) is 11.5 Å². The number of sulfonamides is 1. The van der Waals surface area contributed by atoms with E-state index < -0.39 is 35.1 Å². The van der Waals surface area contributed by atoms with Crippen molar-refractivity contribution in [3.05, 3.63) is 91.0 Å². The number of hydrogen-bond acceptors (Lipinski definition) is 7. The number of anilines is 2. The standard InChI is InChI=1S/C28H26N2O7S/c1-30(38(33,34)24-16-11-20-7-3-4-8-21(20)17-24)22-12-14-23(15-13-22)36-19-28(32)37-18-27(31)29-25-9-5-6-10-26(25)35-2/h3-17H,18-19H2,1-2H3,(H,29,31). The second kappa shape index (κ2) is 11.7. The maximum atomic E-state index is 13.1. The number of hydrogen-bond donors (Lipinski definition) is 1. The normalized spacial score (nSPS) is 11.0. The van der Waals surface area contributed by atoms with Crippen LogP contribution in [0, 0.1) is 0 Å². The lowest BCUT2D eigenvalue weighted by molar-refractivity contribution is -0.149. The van der Waals surface area contributed by atoms with Crippen molar-refractivity contribution >= 4 is 44.0 Å². The number of nitrogens with one attached hydrogen (secondary N) is 1. The van der Waals surface area contributed by atoms with Crippen LogP contribution in [-0.2, 0) is 24.3 Å². The Balaban J connectivity index is 1.30. The smallest absolute Gasteiger partial charge is 0.344 e. The molecule has 4 rings (SSSR count). The molecule has 0 aliphatic heterocycles. The summed E-state index contributed by atoms with van der Waals surface area (Å²) in [4.78, 5) is 24.3. The van der Waals surface area contributed by atoms with Crippen molar-refractivity contribution in [2.75, 3.05) is 37.0 Å². The average molecular weight is 535 g/mol. The van der Waals surface area contributed by atoms with E-state index >= 15 is 0 Å². The molecule has 0 saturated heterocycles. The van der Waals surface area contributed by atoms with Crippen molar-refractivity contribution in [2.24, 2.45) is 0 Å². The molecule has 1 amide bonds. The highest BCUT2D eigenvalue weighted by Crippen LogP contribution is 2.27. The lowest BCUT2D eigenvalue weighted by atomic mass is 10.1. The molecule has 4 aromatic rings. The summed E-state index contributed by atoms with van der Waals surface area (Å²) in [6.07, 6.45) is 0. The number of nitrogens with zero attached hydrogens (tertiary/aromatic N) is 1. The fourth-order valence-electron chi connectivity index (χ4n) is 3.64. The van der Waals surface area contributed by atoms with Crippen LogP contribution in [0.1, 0.15) is 0 Å². The Kier molecular flexibility index (Phi) is 8.12. The van der Waals surface area contributed by atoms with E-state index in [0.717, 1.165) is 10.8 Å². The van der Waals surface area contributed by atoms with Crippen LogP contribution in [0.25, 0.3) is 10.8 Å². The Morgan fingerprint density at radius 2 is 1.53 bits per heavy atom. The molecule has 9 nitrogen and oxygen atoms in total. The average Bonchev–Trinajstić information content (AvgIpc) is 2.94. The summed E-state index contributed by atoms with van der Waals surface area (Å²) in [5.74, 6) is -0.446. The molecule has 0 heterocycles. The summed E-state index contributed by atoms with van der Waals surface area (Å²) in [6, 6.07) is 25.6. The van der Waals surface area contributed by atoms with Crippen LogP contribution in [0.3, 0.4) is 0 Å². The van der Waals surface area contributed by atoms with Crippen LogP contribution >= 0.6 is 0 Å². The van der Waals surface area contributed by atoms with Crippen LogP contribution in [0.4, 0.5) is 11.4 Å². The van der Waals surface area contributed by atoms with Crippen LogP contribution in [0.5, 0.6) is 11.5 Å². The van der Waals surface area contributed by atoms with Gasteiger partial charge in [-0.1, -0.05) is 42.5 Å². The molecular formula is C28H26N2O7S. The second-order valence-electron chi connectivity index (χ2n) is 8.17. The van der Waals surface area contributed by atoms with E-state index in [4.69, 9.17) is 14.2 Å². The monoisotopic (exact) mass is 534 g/mol. The van der Waals surface area contributed by atoms with E-state index in [1.54, 1.807) is 66.7 Å². The summed E-state index contributed by atoms with van der Waals surface area (Å²) in [5, 5.41) is 4.38. The van der Waals surface area contributed by atoms with Gasteiger partial charge < -0.3 is 19.5 Å². The minimum atomic E-state index is -3.79. The van der Waals surface area contributed by atoms with Gasteiger partial charge in [0.2, 0.25) is 0 Å². The molecule has 0 unspecified atom stereocenters. The minimum absolute atomic E-state index is 0.177. The zero-order valence-electron chi connectivity index (χ0n) is 20.8. The number of methoxy groups -OCH3 is 1. The predicted molar refractivity (Wildman–Crippen MR) is 144 cm³/mol. The maximum absolute atomic E-state index is 13.1. The first-order valence-corrected chi connectivity index (χ1v) is 13.0. The number of para-hydroxylation sites is 2. The van der Waals surface area contributed by atoms with Crippen molar-refractivity contribution in [1.29, 1.82) is 0 Å². The first-order chi connectivity index (χ1) is 18.3. The molecule has 1 N–H and O–H groups in total. The molecule has 38 heavy (non-hydrogen) atoms. The van der Waals surface area contributed by atoms with Crippen molar-refractivity contribution in [2.45, 2.75) is 4.90 Å². The molecule has 0 saturated carbocycles. The zero-order valence-corrected chi connectivity index (χ0v) is 21.6. The lowest BCUT2D eigenvalue weighted by Gasteiger charge is -2.20. The highest BCUT2D eigenvalue weighted by molar-refractivity contribution is 7.92. The number of rotatable bonds is 10. The third-order valence-electron chi connectivity index (χ3n) is 5.68. The molecular weight excluding hydrogens is 508 g/mol. The molecule has 196 valence electrons. The van der Waals surface area contributed by atoms with Crippen LogP contribution in [-0.4, -0.2) is 47.7 Å². The van der Waals surface area contributed by atoms with Gasteiger partial charge in [-0.15, -0.1) is 0 Å². The third-order valence-corrected chi connectivity index (χ3v) is 7.46. The van der Waals surface area contributed by atoms with Crippen LogP contribution in [0.2, 0.25) is 0 Å². The largest absolute Gasteiger partial charge is 0.495 e. The van der Waals surface area contributed by atoms with Crippen molar-refractivity contribution < 1.29 is 32.2 Å². The van der Waals surface area contributed by atoms with E-state index in [1.807, 2.05) is 24.3 Å². The van der Waals surface area contributed by atoms with Gasteiger partial charge in [0.25, 0.3) is 15.9 Å². The summed E-state index contributed by atoms with van der Waals surface area (Å²) in [7, 11) is -0.843. The summed E-state index contributed by atoms with van der Waals surface area (Å²) >= 11 is 0. The Morgan fingerprint density at radius 3 is 2.26 bits per heavy atom. The lowest BCUT2D eigenvalue weighted by Crippen LogP contribution is -2.26. The Hall–Kier alpha value is -4.57. The van der Waals surface area contributed by atoms with E-state index in [1.165, 1.54) is 18.5 Å². The van der Waals surface area contributed by atoms with Gasteiger partial charge in [-0.3, -0.25) is 9.10 Å². The van der Waals surface area contributed by atoms with E-state index in [-0.39, 0.29) is 4.90 Å². The van der Waals surface area contributed by atoms with Crippen LogP contribution < -0.4 is 19.1 Å². The highest BCUT2D eigenvalue weighted by Gasteiger charge is 2.21. The predicted octanol–water partition coefficient (Wildman–Crippen LogP) is 4.23. The van der Waals surface area contributed by atoms with E-state index in [0.29, 0.717) is 22.9 Å². The van der Waals surface area contributed by atoms with Gasteiger partial charge >= 0.3 is 5.97 Å². The summed E-state index contributed by atoms with van der Waals surface area (Å²) in [5.41, 5.74) is 0.876. The number of fused-ring (bicyclic) bond motifs is 1. The molecule has 0 spiro atoms. The van der Waals surface area contributed by atoms with Crippen molar-refractivity contribution in [1.82, 2.24) is 0 Å². The minimum Gasteiger partial charge on any atom is -0.495 e. The van der Waals surface area contributed by atoms with E-state index in [2.05, 4.69) is 5.32 Å². The molecule has 0 bridgehead atoms. The summed E-state index contributed by atoms with van der Waals surface area (Å²) < 4.78 is 43.0. The molecule has 4 aromatic carbocycles. The van der Waals surface area contributed by atoms with E-state index in [9.17, 15) is 18.0 Å². The Morgan fingerprint density at radius 1 is 0.842 bits per heavy atom. The van der Waals surface area contributed by atoms with Crippen LogP contribution in [0.15, 0.2) is 95.9 Å². The zero-order chi connectivity index (χ0) is 27.1. The number of amides is 1. The number of carbonyl (C=O) groups is 2. The second-order valence-corrected chi connectivity index (χ2v) is 10.1. The van der Waals surface area contributed by atoms with Gasteiger partial charge in [0.05, 0.1) is 23.4 Å². The summed E-state index contributed by atoms with van der Waals surface area (Å²) in [6.45, 7) is -0.914. The topological polar surface area (TPSA) is 111 Å². The van der Waals surface area contributed by atoms with Crippen molar-refractivity contribution in [3.63, 3.8) is 0 Å². The molecule has 0 atom stereocenters. The number of carbonyl (C=O) groups excluding carboxylic acids is 2. The molecule has 0 aliphatic carbocycles. The fraction of sp³-hybridized carbons (Fsp3) is 0.143. The first kappa shape index (κ1) is 26.5. The molecule has 0 aliphatic rings.